The number of carbonyl (C=O) groups excluding carboxylic acids is 1. The lowest BCUT2D eigenvalue weighted by atomic mass is 10.1. The van der Waals surface area contributed by atoms with Crippen LogP contribution in [-0.4, -0.2) is 5.97 Å². The molecular formula is C18H13BrO4. The molecule has 1 heterocycles. The smallest absolute Gasteiger partial charge is 0.338 e. The summed E-state index contributed by atoms with van der Waals surface area (Å²) in [6.07, 6.45) is 0. The Morgan fingerprint density at radius 1 is 1.17 bits per heavy atom. The summed E-state index contributed by atoms with van der Waals surface area (Å²) in [5.74, 6) is -0.415. The maximum absolute atomic E-state index is 12.2. The normalized spacial score (nSPS) is 10.7. The summed E-state index contributed by atoms with van der Waals surface area (Å²) >= 11 is 3.33. The van der Waals surface area contributed by atoms with Gasteiger partial charge in [0.2, 0.25) is 0 Å². The molecule has 0 saturated carbocycles. The molecule has 5 heteroatoms. The lowest BCUT2D eigenvalue weighted by Gasteiger charge is -2.09. The van der Waals surface area contributed by atoms with Crippen LogP contribution in [0.25, 0.3) is 11.0 Å². The Hall–Kier alpha value is -2.40. The summed E-state index contributed by atoms with van der Waals surface area (Å²) in [5, 5.41) is 0.741. The lowest BCUT2D eigenvalue weighted by Crippen LogP contribution is -2.09. The summed E-state index contributed by atoms with van der Waals surface area (Å²) < 4.78 is 11.3. The van der Waals surface area contributed by atoms with Crippen molar-refractivity contribution < 1.29 is 13.9 Å². The van der Waals surface area contributed by atoms with E-state index in [-0.39, 0.29) is 6.61 Å². The molecule has 0 radical (unpaired) electrons. The molecule has 0 saturated heterocycles. The first-order valence-corrected chi connectivity index (χ1v) is 7.79. The highest BCUT2D eigenvalue weighted by Gasteiger charge is 2.12. The van der Waals surface area contributed by atoms with E-state index in [2.05, 4.69) is 15.9 Å². The highest BCUT2D eigenvalue weighted by atomic mass is 79.9. The standard InChI is InChI=1S/C18H13BrO4/c1-11-4-2-3-5-14(11)18(21)22-10-12-8-17(20)23-16-9-13(19)6-7-15(12)16/h2-9H,10H2,1H3. The fraction of sp³-hybridized carbons (Fsp3) is 0.111. The molecule has 0 atom stereocenters. The number of halogens is 1. The van der Waals surface area contributed by atoms with Gasteiger partial charge in [0.15, 0.2) is 0 Å². The minimum absolute atomic E-state index is 0.0108. The Kier molecular flexibility index (Phi) is 4.30. The minimum atomic E-state index is -0.474. The summed E-state index contributed by atoms with van der Waals surface area (Å²) in [6, 6.07) is 13.9. The van der Waals surface area contributed by atoms with Crippen LogP contribution in [0, 0.1) is 6.92 Å². The van der Waals surface area contributed by atoms with Crippen molar-refractivity contribution in [3.63, 3.8) is 0 Å². The van der Waals surface area contributed by atoms with E-state index in [9.17, 15) is 9.59 Å². The molecule has 0 aliphatic carbocycles. The molecule has 2 aromatic carbocycles. The van der Waals surface area contributed by atoms with E-state index in [1.807, 2.05) is 31.2 Å². The molecular weight excluding hydrogens is 360 g/mol. The van der Waals surface area contributed by atoms with Crippen molar-refractivity contribution in [3.05, 3.63) is 80.1 Å². The van der Waals surface area contributed by atoms with Crippen molar-refractivity contribution in [2.75, 3.05) is 0 Å². The summed E-state index contributed by atoms with van der Waals surface area (Å²) in [6.45, 7) is 1.86. The van der Waals surface area contributed by atoms with E-state index in [1.165, 1.54) is 6.07 Å². The zero-order chi connectivity index (χ0) is 16.4. The fourth-order valence-electron chi connectivity index (χ4n) is 2.35. The van der Waals surface area contributed by atoms with E-state index in [1.54, 1.807) is 18.2 Å². The van der Waals surface area contributed by atoms with E-state index in [0.29, 0.717) is 16.7 Å². The average Bonchev–Trinajstić information content (AvgIpc) is 2.52. The van der Waals surface area contributed by atoms with Crippen molar-refractivity contribution >= 4 is 32.9 Å². The topological polar surface area (TPSA) is 56.5 Å². The lowest BCUT2D eigenvalue weighted by molar-refractivity contribution is 0.0473. The van der Waals surface area contributed by atoms with E-state index < -0.39 is 11.6 Å². The monoisotopic (exact) mass is 372 g/mol. The second-order valence-electron chi connectivity index (χ2n) is 5.12. The number of aryl methyl sites for hydroxylation is 1. The van der Waals surface area contributed by atoms with Crippen LogP contribution < -0.4 is 5.63 Å². The molecule has 0 spiro atoms. The first-order valence-electron chi connectivity index (χ1n) is 6.99. The molecule has 0 N–H and O–H groups in total. The van der Waals surface area contributed by atoms with Gasteiger partial charge in [-0.15, -0.1) is 0 Å². The number of hydrogen-bond donors (Lipinski definition) is 0. The predicted octanol–water partition coefficient (Wildman–Crippen LogP) is 4.22. The largest absolute Gasteiger partial charge is 0.457 e. The Morgan fingerprint density at radius 2 is 1.96 bits per heavy atom. The summed E-state index contributed by atoms with van der Waals surface area (Å²) in [5.41, 5.74) is 1.96. The molecule has 0 fully saturated rings. The molecule has 23 heavy (non-hydrogen) atoms. The van der Waals surface area contributed by atoms with Crippen LogP contribution >= 0.6 is 15.9 Å². The van der Waals surface area contributed by atoms with Gasteiger partial charge in [0, 0.05) is 21.5 Å². The van der Waals surface area contributed by atoms with Crippen LogP contribution in [0.2, 0.25) is 0 Å². The van der Waals surface area contributed by atoms with Crippen LogP contribution in [0.15, 0.2) is 62.2 Å². The Labute approximate surface area is 140 Å². The third kappa shape index (κ3) is 3.35. The van der Waals surface area contributed by atoms with Crippen LogP contribution in [0.1, 0.15) is 21.5 Å². The molecule has 0 bridgehead atoms. The van der Waals surface area contributed by atoms with Gasteiger partial charge in [0.25, 0.3) is 0 Å². The number of benzene rings is 2. The van der Waals surface area contributed by atoms with Gasteiger partial charge in [0.05, 0.1) is 5.56 Å². The Bertz CT molecular complexity index is 943. The molecule has 0 amide bonds. The van der Waals surface area contributed by atoms with E-state index >= 15 is 0 Å². The third-order valence-corrected chi connectivity index (χ3v) is 4.01. The molecule has 3 aromatic rings. The SMILES string of the molecule is Cc1ccccc1C(=O)OCc1cc(=O)oc2cc(Br)ccc12. The van der Waals surface area contributed by atoms with Crippen molar-refractivity contribution in [3.8, 4) is 0 Å². The summed E-state index contributed by atoms with van der Waals surface area (Å²) in [4.78, 5) is 23.8. The van der Waals surface area contributed by atoms with Gasteiger partial charge in [-0.05, 0) is 36.8 Å². The van der Waals surface area contributed by atoms with E-state index in [0.717, 1.165) is 15.4 Å². The second-order valence-corrected chi connectivity index (χ2v) is 6.04. The van der Waals surface area contributed by atoms with Gasteiger partial charge < -0.3 is 9.15 Å². The van der Waals surface area contributed by atoms with Gasteiger partial charge in [0.1, 0.15) is 12.2 Å². The quantitative estimate of drug-likeness (QED) is 0.510. The number of esters is 1. The molecule has 0 aliphatic heterocycles. The van der Waals surface area contributed by atoms with Crippen molar-refractivity contribution in [2.24, 2.45) is 0 Å². The van der Waals surface area contributed by atoms with Crippen molar-refractivity contribution in [1.82, 2.24) is 0 Å². The molecule has 4 nitrogen and oxygen atoms in total. The minimum Gasteiger partial charge on any atom is -0.457 e. The zero-order valence-electron chi connectivity index (χ0n) is 12.3. The highest BCUT2D eigenvalue weighted by molar-refractivity contribution is 9.10. The molecule has 0 aliphatic rings. The zero-order valence-corrected chi connectivity index (χ0v) is 13.9. The van der Waals surface area contributed by atoms with Crippen molar-refractivity contribution in [2.45, 2.75) is 13.5 Å². The highest BCUT2D eigenvalue weighted by Crippen LogP contribution is 2.22. The van der Waals surface area contributed by atoms with Crippen LogP contribution in [0.5, 0.6) is 0 Å². The number of fused-ring (bicyclic) bond motifs is 1. The van der Waals surface area contributed by atoms with Crippen LogP contribution in [0.4, 0.5) is 0 Å². The molecule has 3 rings (SSSR count). The molecule has 116 valence electrons. The maximum Gasteiger partial charge on any atom is 0.338 e. The van der Waals surface area contributed by atoms with Gasteiger partial charge in [-0.25, -0.2) is 9.59 Å². The van der Waals surface area contributed by atoms with E-state index in [4.69, 9.17) is 9.15 Å². The maximum atomic E-state index is 12.2. The predicted molar refractivity (Wildman–Crippen MR) is 90.5 cm³/mol. The number of carbonyl (C=O) groups is 1. The van der Waals surface area contributed by atoms with Crippen molar-refractivity contribution in [1.29, 1.82) is 0 Å². The van der Waals surface area contributed by atoms with Gasteiger partial charge in [-0.1, -0.05) is 34.1 Å². The number of hydrogen-bond acceptors (Lipinski definition) is 4. The molecule has 1 aromatic heterocycles. The summed E-state index contributed by atoms with van der Waals surface area (Å²) in [7, 11) is 0. The average molecular weight is 373 g/mol. The number of rotatable bonds is 3. The van der Waals surface area contributed by atoms with Gasteiger partial charge in [-0.2, -0.15) is 0 Å². The second kappa shape index (κ2) is 6.38. The first kappa shape index (κ1) is 15.5. The number of ether oxygens (including phenoxy) is 1. The van der Waals surface area contributed by atoms with Crippen LogP contribution in [-0.2, 0) is 11.3 Å². The third-order valence-electron chi connectivity index (χ3n) is 3.52. The fourth-order valence-corrected chi connectivity index (χ4v) is 2.69. The molecule has 0 unspecified atom stereocenters. The van der Waals surface area contributed by atoms with Gasteiger partial charge >= 0.3 is 11.6 Å². The first-order chi connectivity index (χ1) is 11.0. The Morgan fingerprint density at radius 3 is 2.74 bits per heavy atom. The Balaban J connectivity index is 1.89. The van der Waals surface area contributed by atoms with Crippen LogP contribution in [0.3, 0.4) is 0 Å². The van der Waals surface area contributed by atoms with Gasteiger partial charge in [-0.3, -0.25) is 0 Å².